The molecule has 5 heterocycles. The highest BCUT2D eigenvalue weighted by atomic mass is 32.1. The van der Waals surface area contributed by atoms with Crippen LogP contribution >= 0.6 is 11.3 Å². The summed E-state index contributed by atoms with van der Waals surface area (Å²) in [6, 6.07) is 3.66. The Labute approximate surface area is 201 Å². The number of rotatable bonds is 6. The molecule has 10 nitrogen and oxygen atoms in total. The van der Waals surface area contributed by atoms with E-state index in [0.29, 0.717) is 43.4 Å². The van der Waals surface area contributed by atoms with Gasteiger partial charge in [0.05, 0.1) is 35.9 Å². The van der Waals surface area contributed by atoms with Crippen molar-refractivity contribution in [3.8, 4) is 16.5 Å². The van der Waals surface area contributed by atoms with Crippen LogP contribution in [0.25, 0.3) is 10.7 Å². The van der Waals surface area contributed by atoms with Crippen LogP contribution < -0.4 is 14.5 Å². The van der Waals surface area contributed by atoms with Crippen molar-refractivity contribution in [1.29, 1.82) is 0 Å². The molecule has 0 spiro atoms. The molecule has 0 radical (unpaired) electrons. The van der Waals surface area contributed by atoms with Crippen molar-refractivity contribution < 1.29 is 14.3 Å². The zero-order valence-electron chi connectivity index (χ0n) is 19.2. The zero-order valence-corrected chi connectivity index (χ0v) is 20.0. The lowest BCUT2D eigenvalue weighted by atomic mass is 9.99. The minimum Gasteiger partial charge on any atom is -0.479 e. The van der Waals surface area contributed by atoms with Crippen molar-refractivity contribution in [1.82, 2.24) is 24.8 Å². The van der Waals surface area contributed by atoms with Gasteiger partial charge in [-0.25, -0.2) is 19.9 Å². The molecule has 0 saturated carbocycles. The van der Waals surface area contributed by atoms with Gasteiger partial charge >= 0.3 is 0 Å². The van der Waals surface area contributed by atoms with Gasteiger partial charge < -0.3 is 19.4 Å². The van der Waals surface area contributed by atoms with Crippen molar-refractivity contribution in [2.75, 3.05) is 43.5 Å². The number of hydrogen-bond acceptors (Lipinski definition) is 9. The topological polar surface area (TPSA) is 105 Å². The molecule has 1 atom stereocenters. The van der Waals surface area contributed by atoms with Gasteiger partial charge in [-0.2, -0.15) is 0 Å². The quantitative estimate of drug-likeness (QED) is 0.529. The number of thiazole rings is 1. The van der Waals surface area contributed by atoms with E-state index in [1.54, 1.807) is 53.8 Å². The van der Waals surface area contributed by atoms with Gasteiger partial charge in [0.25, 0.3) is 5.91 Å². The maximum absolute atomic E-state index is 12.9. The molecule has 11 heteroatoms. The first kappa shape index (κ1) is 22.2. The average molecular weight is 480 g/mol. The van der Waals surface area contributed by atoms with Gasteiger partial charge in [-0.05, 0) is 19.1 Å². The number of anilines is 2. The van der Waals surface area contributed by atoms with E-state index in [1.165, 1.54) is 0 Å². The number of carbonyl (C=O) groups excluding carboxylic acids is 2. The lowest BCUT2D eigenvalue weighted by molar-refractivity contribution is -0.133. The number of amides is 2. The number of pyridine rings is 1. The third-order valence-corrected chi connectivity index (χ3v) is 6.84. The predicted octanol–water partition coefficient (Wildman–Crippen LogP) is 2.01. The molecule has 5 rings (SSSR count). The normalized spacial score (nSPS) is 18.2. The van der Waals surface area contributed by atoms with Crippen molar-refractivity contribution in [3.05, 3.63) is 41.8 Å². The minimum atomic E-state index is -0.581. The molecule has 0 unspecified atom stereocenters. The van der Waals surface area contributed by atoms with E-state index < -0.39 is 6.10 Å². The van der Waals surface area contributed by atoms with Gasteiger partial charge in [0, 0.05) is 51.2 Å². The Balaban J connectivity index is 1.18. The van der Waals surface area contributed by atoms with Gasteiger partial charge in [-0.3, -0.25) is 9.59 Å². The van der Waals surface area contributed by atoms with E-state index in [2.05, 4.69) is 19.9 Å². The molecule has 2 saturated heterocycles. The number of nitrogens with zero attached hydrogens (tertiary/aromatic N) is 7. The molecular formula is C23H25N7O3S. The molecule has 176 valence electrons. The van der Waals surface area contributed by atoms with Crippen LogP contribution in [0.2, 0.25) is 0 Å². The first-order valence-electron chi connectivity index (χ1n) is 11.0. The Kier molecular flexibility index (Phi) is 5.86. The van der Waals surface area contributed by atoms with E-state index in [9.17, 15) is 9.59 Å². The summed E-state index contributed by atoms with van der Waals surface area (Å²) in [7, 11) is 3.52. The largest absolute Gasteiger partial charge is 0.479 e. The molecule has 2 aliphatic rings. The highest BCUT2D eigenvalue weighted by molar-refractivity contribution is 7.14. The second-order valence-electron chi connectivity index (χ2n) is 8.62. The Bertz CT molecular complexity index is 1190. The van der Waals surface area contributed by atoms with Gasteiger partial charge in [0.15, 0.2) is 6.10 Å². The molecule has 0 N–H and O–H groups in total. The SMILES string of the molecule is Cc1cnc(-c2ccc(O[C@@H]3CCN(c4cnc(N5CC(C(=O)N(C)C)C5)nc4)C3=O)cn2)s1. The number of carbonyl (C=O) groups is 2. The molecule has 2 fully saturated rings. The Morgan fingerprint density at radius 1 is 1.09 bits per heavy atom. The van der Waals surface area contributed by atoms with Gasteiger partial charge in [0.1, 0.15) is 10.8 Å². The predicted molar refractivity (Wildman–Crippen MR) is 128 cm³/mol. The molecule has 3 aromatic heterocycles. The highest BCUT2D eigenvalue weighted by Crippen LogP contribution is 2.28. The fraction of sp³-hybridized carbons (Fsp3) is 0.391. The van der Waals surface area contributed by atoms with E-state index in [-0.39, 0.29) is 17.7 Å². The van der Waals surface area contributed by atoms with Crippen molar-refractivity contribution >= 4 is 34.8 Å². The van der Waals surface area contributed by atoms with E-state index in [1.807, 2.05) is 30.2 Å². The number of aryl methyl sites for hydroxylation is 1. The minimum absolute atomic E-state index is 0.0226. The number of aromatic nitrogens is 4. The van der Waals surface area contributed by atoms with Crippen LogP contribution in [-0.2, 0) is 9.59 Å². The summed E-state index contributed by atoms with van der Waals surface area (Å²) >= 11 is 1.58. The maximum atomic E-state index is 12.9. The fourth-order valence-electron chi connectivity index (χ4n) is 4.01. The van der Waals surface area contributed by atoms with E-state index >= 15 is 0 Å². The van der Waals surface area contributed by atoms with Crippen LogP contribution in [0.1, 0.15) is 11.3 Å². The molecular weight excluding hydrogens is 454 g/mol. The summed E-state index contributed by atoms with van der Waals surface area (Å²) in [6.45, 7) is 3.73. The third kappa shape index (κ3) is 4.30. The first-order chi connectivity index (χ1) is 16.4. The molecule has 34 heavy (non-hydrogen) atoms. The second kappa shape index (κ2) is 8.98. The summed E-state index contributed by atoms with van der Waals surface area (Å²) < 4.78 is 5.92. The fourth-order valence-corrected chi connectivity index (χ4v) is 4.75. The highest BCUT2D eigenvalue weighted by Gasteiger charge is 2.37. The summed E-state index contributed by atoms with van der Waals surface area (Å²) in [5.74, 6) is 1.07. The van der Waals surface area contributed by atoms with E-state index in [4.69, 9.17) is 4.74 Å². The summed E-state index contributed by atoms with van der Waals surface area (Å²) in [5.41, 5.74) is 1.41. The molecule has 2 amide bonds. The van der Waals surface area contributed by atoms with Gasteiger partial charge in [-0.1, -0.05) is 0 Å². The molecule has 0 aromatic carbocycles. The summed E-state index contributed by atoms with van der Waals surface area (Å²) in [4.78, 5) is 48.8. The molecule has 0 bridgehead atoms. The van der Waals surface area contributed by atoms with Gasteiger partial charge in [0.2, 0.25) is 11.9 Å². The van der Waals surface area contributed by atoms with Crippen LogP contribution in [0.3, 0.4) is 0 Å². The second-order valence-corrected chi connectivity index (χ2v) is 9.85. The molecule has 3 aromatic rings. The zero-order chi connectivity index (χ0) is 23.8. The smallest absolute Gasteiger partial charge is 0.268 e. The lowest BCUT2D eigenvalue weighted by Crippen LogP contribution is -2.54. The van der Waals surface area contributed by atoms with Crippen LogP contribution in [0.15, 0.2) is 36.9 Å². The Morgan fingerprint density at radius 3 is 2.47 bits per heavy atom. The lowest BCUT2D eigenvalue weighted by Gasteiger charge is -2.39. The van der Waals surface area contributed by atoms with Crippen molar-refractivity contribution in [2.45, 2.75) is 19.4 Å². The average Bonchev–Trinajstić information content (AvgIpc) is 3.39. The molecule has 0 aliphatic carbocycles. The number of ether oxygens (including phenoxy) is 1. The Hall–Kier alpha value is -3.60. The monoisotopic (exact) mass is 479 g/mol. The van der Waals surface area contributed by atoms with Crippen molar-refractivity contribution in [3.63, 3.8) is 0 Å². The standard InChI is InChI=1S/C23H25N7O3S/c1-14-8-25-20(34-14)18-5-4-17(11-24-18)33-19-6-7-30(22(19)32)16-9-26-23(27-10-16)29-12-15(13-29)21(31)28(2)3/h4-5,8-11,15,19H,6-7,12-13H2,1-3H3/t19-/m1/s1. The van der Waals surface area contributed by atoms with Crippen LogP contribution in [0.5, 0.6) is 5.75 Å². The summed E-state index contributed by atoms with van der Waals surface area (Å²) in [5, 5.41) is 0.855. The third-order valence-electron chi connectivity index (χ3n) is 5.90. The van der Waals surface area contributed by atoms with Crippen LogP contribution in [0.4, 0.5) is 11.6 Å². The molecule has 2 aliphatic heterocycles. The van der Waals surface area contributed by atoms with Crippen LogP contribution in [-0.4, -0.2) is 76.5 Å². The summed E-state index contributed by atoms with van der Waals surface area (Å²) in [6.07, 6.45) is 6.73. The van der Waals surface area contributed by atoms with E-state index in [0.717, 1.165) is 15.6 Å². The van der Waals surface area contributed by atoms with Crippen molar-refractivity contribution in [2.24, 2.45) is 5.92 Å². The maximum Gasteiger partial charge on any atom is 0.268 e. The van der Waals surface area contributed by atoms with Crippen LogP contribution in [0, 0.1) is 12.8 Å². The Morgan fingerprint density at radius 2 is 1.85 bits per heavy atom. The number of hydrogen-bond donors (Lipinski definition) is 0. The first-order valence-corrected chi connectivity index (χ1v) is 11.9. The van der Waals surface area contributed by atoms with Gasteiger partial charge in [-0.15, -0.1) is 11.3 Å².